The van der Waals surface area contributed by atoms with Gasteiger partial charge in [0.1, 0.15) is 12.4 Å². The van der Waals surface area contributed by atoms with Crippen LogP contribution in [0.25, 0.3) is 21.9 Å². The summed E-state index contributed by atoms with van der Waals surface area (Å²) in [5.74, 6) is 0.933. The van der Waals surface area contributed by atoms with E-state index in [-0.39, 0.29) is 19.0 Å². The maximum atomic E-state index is 12.7. The number of rotatable bonds is 5. The summed E-state index contributed by atoms with van der Waals surface area (Å²) in [6.07, 6.45) is 1.39. The summed E-state index contributed by atoms with van der Waals surface area (Å²) in [6, 6.07) is 16.4. The van der Waals surface area contributed by atoms with E-state index in [1.165, 1.54) is 0 Å². The quantitative estimate of drug-likeness (QED) is 0.744. The van der Waals surface area contributed by atoms with Gasteiger partial charge in [-0.1, -0.05) is 24.3 Å². The molecule has 0 radical (unpaired) electrons. The molecule has 1 aliphatic carbocycles. The van der Waals surface area contributed by atoms with Crippen molar-refractivity contribution in [2.24, 2.45) is 0 Å². The van der Waals surface area contributed by atoms with Gasteiger partial charge in [0.05, 0.1) is 6.61 Å². The molecule has 0 atom stereocenters. The number of aliphatic hydroxyl groups excluding tert-OH is 1. The van der Waals surface area contributed by atoms with Crippen molar-refractivity contribution in [3.8, 4) is 16.9 Å². The van der Waals surface area contributed by atoms with Crippen LogP contribution < -0.4 is 9.64 Å². The largest absolute Gasteiger partial charge is 0.491 e. The van der Waals surface area contributed by atoms with Crippen molar-refractivity contribution in [2.45, 2.75) is 12.8 Å². The number of hydrogen-bond acceptors (Lipinski definition) is 4. The Balaban J connectivity index is 1.92. The molecule has 3 aromatic carbocycles. The summed E-state index contributed by atoms with van der Waals surface area (Å²) in [5, 5.41) is 11.2. The average molecular weight is 361 g/mol. The highest BCUT2D eigenvalue weighted by molar-refractivity contribution is 6.14. The van der Waals surface area contributed by atoms with E-state index in [1.54, 1.807) is 0 Å². The van der Waals surface area contributed by atoms with Gasteiger partial charge < -0.3 is 14.7 Å². The first-order chi connectivity index (χ1) is 13.1. The molecule has 4 heteroatoms. The third-order valence-electron chi connectivity index (χ3n) is 5.13. The van der Waals surface area contributed by atoms with E-state index in [0.29, 0.717) is 12.2 Å². The van der Waals surface area contributed by atoms with E-state index in [2.05, 4.69) is 29.2 Å². The maximum Gasteiger partial charge on any atom is 0.164 e. The molecule has 0 fully saturated rings. The van der Waals surface area contributed by atoms with Crippen molar-refractivity contribution in [3.63, 3.8) is 0 Å². The summed E-state index contributed by atoms with van der Waals surface area (Å²) >= 11 is 0. The van der Waals surface area contributed by atoms with Gasteiger partial charge in [-0.2, -0.15) is 0 Å². The van der Waals surface area contributed by atoms with Gasteiger partial charge in [0.2, 0.25) is 0 Å². The van der Waals surface area contributed by atoms with Crippen molar-refractivity contribution in [2.75, 3.05) is 32.2 Å². The maximum absolute atomic E-state index is 12.7. The molecule has 0 unspecified atom stereocenters. The Bertz CT molecular complexity index is 1010. The van der Waals surface area contributed by atoms with Gasteiger partial charge in [-0.05, 0) is 52.6 Å². The Hall–Kier alpha value is -2.85. The number of carbonyl (C=O) groups is 1. The lowest BCUT2D eigenvalue weighted by Crippen LogP contribution is -2.08. The van der Waals surface area contributed by atoms with Crippen LogP contribution in [0, 0.1) is 0 Å². The number of anilines is 1. The van der Waals surface area contributed by atoms with Crippen LogP contribution in [0.2, 0.25) is 0 Å². The van der Waals surface area contributed by atoms with Crippen LogP contribution in [-0.2, 0) is 6.42 Å². The predicted octanol–water partition coefficient (Wildman–Crippen LogP) is 4.07. The normalized spacial score (nSPS) is 13.1. The summed E-state index contributed by atoms with van der Waals surface area (Å²) in [6.45, 7) is 0.258. The third-order valence-corrected chi connectivity index (χ3v) is 5.13. The molecule has 138 valence electrons. The zero-order chi connectivity index (χ0) is 19.0. The minimum Gasteiger partial charge on any atom is -0.491 e. The summed E-state index contributed by atoms with van der Waals surface area (Å²) in [4.78, 5) is 14.7. The van der Waals surface area contributed by atoms with E-state index >= 15 is 0 Å². The molecule has 0 bridgehead atoms. The number of aliphatic hydroxyl groups is 1. The highest BCUT2D eigenvalue weighted by Crippen LogP contribution is 2.40. The predicted molar refractivity (Wildman–Crippen MR) is 109 cm³/mol. The van der Waals surface area contributed by atoms with Gasteiger partial charge in [0.15, 0.2) is 5.78 Å². The number of aryl methyl sites for hydroxylation is 1. The minimum atomic E-state index is -0.0135. The molecule has 0 amide bonds. The molecule has 0 spiro atoms. The summed E-state index contributed by atoms with van der Waals surface area (Å²) in [5.41, 5.74) is 5.14. The Kier molecular flexibility index (Phi) is 4.58. The molecule has 1 N–H and O–H groups in total. The van der Waals surface area contributed by atoms with Crippen molar-refractivity contribution in [1.82, 2.24) is 0 Å². The summed E-state index contributed by atoms with van der Waals surface area (Å²) in [7, 11) is 4.04. The standard InChI is InChI=1S/C23H23NO3/c1-24(2)18-7-3-16-13-17-6-10-21(26)23(17)22(20(16)14-18)15-4-8-19(9-5-15)27-12-11-25/h3-5,7-9,13-14,25H,6,10-12H2,1-2H3. The van der Waals surface area contributed by atoms with Crippen molar-refractivity contribution in [1.29, 1.82) is 0 Å². The van der Waals surface area contributed by atoms with Crippen LogP contribution >= 0.6 is 0 Å². The fourth-order valence-corrected chi connectivity index (χ4v) is 3.79. The first kappa shape index (κ1) is 17.6. The van der Waals surface area contributed by atoms with E-state index in [9.17, 15) is 4.79 Å². The van der Waals surface area contributed by atoms with E-state index in [1.807, 2.05) is 38.4 Å². The fraction of sp³-hybridized carbons (Fsp3) is 0.261. The molecule has 0 aliphatic heterocycles. The lowest BCUT2D eigenvalue weighted by atomic mass is 9.90. The van der Waals surface area contributed by atoms with E-state index in [4.69, 9.17) is 9.84 Å². The smallest absolute Gasteiger partial charge is 0.164 e. The zero-order valence-corrected chi connectivity index (χ0v) is 15.7. The van der Waals surface area contributed by atoms with Gasteiger partial charge in [-0.15, -0.1) is 0 Å². The molecule has 3 aromatic rings. The Morgan fingerprint density at radius 2 is 1.78 bits per heavy atom. The van der Waals surface area contributed by atoms with Gasteiger partial charge in [-0.3, -0.25) is 4.79 Å². The second kappa shape index (κ2) is 7.05. The number of carbonyl (C=O) groups excluding carboxylic acids is 1. The van der Waals surface area contributed by atoms with Gasteiger partial charge in [0, 0.05) is 37.3 Å². The summed E-state index contributed by atoms with van der Waals surface area (Å²) < 4.78 is 5.47. The van der Waals surface area contributed by atoms with Crippen molar-refractivity contribution in [3.05, 3.63) is 59.7 Å². The molecule has 0 saturated carbocycles. The lowest BCUT2D eigenvalue weighted by molar-refractivity contribution is 0.0995. The average Bonchev–Trinajstić information content (AvgIpc) is 3.05. The van der Waals surface area contributed by atoms with Crippen LogP contribution in [-0.4, -0.2) is 38.2 Å². The first-order valence-electron chi connectivity index (χ1n) is 9.23. The number of benzene rings is 3. The van der Waals surface area contributed by atoms with Crippen LogP contribution in [0.4, 0.5) is 5.69 Å². The Morgan fingerprint density at radius 3 is 2.48 bits per heavy atom. The first-order valence-corrected chi connectivity index (χ1v) is 9.23. The molecule has 0 saturated heterocycles. The molecule has 0 heterocycles. The molecular weight excluding hydrogens is 338 g/mol. The lowest BCUT2D eigenvalue weighted by Gasteiger charge is -2.17. The Labute approximate surface area is 159 Å². The second-order valence-corrected chi connectivity index (χ2v) is 7.11. The molecule has 4 rings (SSSR count). The van der Waals surface area contributed by atoms with Crippen LogP contribution in [0.15, 0.2) is 48.5 Å². The highest BCUT2D eigenvalue weighted by atomic mass is 16.5. The van der Waals surface area contributed by atoms with Crippen molar-refractivity contribution >= 4 is 22.2 Å². The number of nitrogens with zero attached hydrogens (tertiary/aromatic N) is 1. The molecule has 0 aromatic heterocycles. The number of fused-ring (bicyclic) bond motifs is 2. The monoisotopic (exact) mass is 361 g/mol. The molecule has 4 nitrogen and oxygen atoms in total. The van der Waals surface area contributed by atoms with E-state index < -0.39 is 0 Å². The molecule has 27 heavy (non-hydrogen) atoms. The topological polar surface area (TPSA) is 49.8 Å². The van der Waals surface area contributed by atoms with Crippen LogP contribution in [0.5, 0.6) is 5.75 Å². The SMILES string of the molecule is CN(C)c1ccc2cc3c(c(-c4ccc(OCCO)cc4)c2c1)C(=O)CC3. The van der Waals surface area contributed by atoms with E-state index in [0.717, 1.165) is 45.1 Å². The minimum absolute atomic E-state index is 0.0135. The molecular formula is C23H23NO3. The molecule has 1 aliphatic rings. The third kappa shape index (κ3) is 3.17. The van der Waals surface area contributed by atoms with Gasteiger partial charge in [-0.25, -0.2) is 0 Å². The highest BCUT2D eigenvalue weighted by Gasteiger charge is 2.26. The fourth-order valence-electron chi connectivity index (χ4n) is 3.79. The van der Waals surface area contributed by atoms with Gasteiger partial charge >= 0.3 is 0 Å². The Morgan fingerprint density at radius 1 is 1.00 bits per heavy atom. The van der Waals surface area contributed by atoms with Crippen molar-refractivity contribution < 1.29 is 14.6 Å². The number of Topliss-reactive ketones (excluding diaryl/α,β-unsaturated/α-hetero) is 1. The number of hydrogen-bond donors (Lipinski definition) is 1. The van der Waals surface area contributed by atoms with Gasteiger partial charge in [0.25, 0.3) is 0 Å². The zero-order valence-electron chi connectivity index (χ0n) is 15.7. The van der Waals surface area contributed by atoms with Crippen LogP contribution in [0.3, 0.4) is 0 Å². The number of ether oxygens (including phenoxy) is 1. The van der Waals surface area contributed by atoms with Crippen LogP contribution in [0.1, 0.15) is 22.3 Å². The number of ketones is 1. The second-order valence-electron chi connectivity index (χ2n) is 7.11.